The SMILES string of the molecule is CN(C)C(=O)c1cccc(Cn2ccc3cc(Br)ccc3c2=O)n1. The van der Waals surface area contributed by atoms with Crippen LogP contribution in [0.15, 0.2) is 57.9 Å². The number of amides is 1. The van der Waals surface area contributed by atoms with Crippen molar-refractivity contribution in [1.29, 1.82) is 0 Å². The molecule has 0 aliphatic carbocycles. The first-order valence-electron chi connectivity index (χ1n) is 7.42. The van der Waals surface area contributed by atoms with E-state index in [1.807, 2.05) is 24.3 Å². The van der Waals surface area contributed by atoms with Crippen LogP contribution in [0.2, 0.25) is 0 Å². The number of fused-ring (bicyclic) bond motifs is 1. The van der Waals surface area contributed by atoms with E-state index in [2.05, 4.69) is 20.9 Å². The zero-order valence-corrected chi connectivity index (χ0v) is 14.9. The van der Waals surface area contributed by atoms with Gasteiger partial charge in [-0.05, 0) is 41.8 Å². The third-order valence-corrected chi connectivity index (χ3v) is 4.20. The molecule has 1 amide bonds. The Labute approximate surface area is 147 Å². The third-order valence-electron chi connectivity index (χ3n) is 3.70. The molecule has 0 saturated carbocycles. The summed E-state index contributed by atoms with van der Waals surface area (Å²) in [5.74, 6) is -0.160. The zero-order valence-electron chi connectivity index (χ0n) is 13.4. The molecular weight excluding hydrogens is 370 g/mol. The van der Waals surface area contributed by atoms with Gasteiger partial charge in [-0.1, -0.05) is 22.0 Å². The molecule has 6 heteroatoms. The Morgan fingerprint density at radius 3 is 2.75 bits per heavy atom. The number of carbonyl (C=O) groups excluding carboxylic acids is 1. The molecule has 0 N–H and O–H groups in total. The van der Waals surface area contributed by atoms with Crippen LogP contribution in [0.4, 0.5) is 0 Å². The topological polar surface area (TPSA) is 55.2 Å². The Bertz CT molecular complexity index is 979. The second-order valence-corrected chi connectivity index (χ2v) is 6.61. The zero-order chi connectivity index (χ0) is 17.3. The highest BCUT2D eigenvalue weighted by Gasteiger charge is 2.11. The Morgan fingerprint density at radius 2 is 2.00 bits per heavy atom. The number of hydrogen-bond donors (Lipinski definition) is 0. The lowest BCUT2D eigenvalue weighted by Crippen LogP contribution is -2.24. The standard InChI is InChI=1S/C18H16BrN3O2/c1-21(2)18(24)16-5-3-4-14(20-16)11-22-9-8-12-10-13(19)6-7-15(12)17(22)23/h3-10H,11H2,1-2H3. The fourth-order valence-corrected chi connectivity index (χ4v) is 2.85. The van der Waals surface area contributed by atoms with Crippen molar-refractivity contribution < 1.29 is 4.79 Å². The summed E-state index contributed by atoms with van der Waals surface area (Å²) in [6, 6.07) is 12.7. The van der Waals surface area contributed by atoms with Crippen LogP contribution in [0.1, 0.15) is 16.2 Å². The van der Waals surface area contributed by atoms with Gasteiger partial charge in [-0.2, -0.15) is 0 Å². The van der Waals surface area contributed by atoms with E-state index in [9.17, 15) is 9.59 Å². The molecule has 0 spiro atoms. The number of halogens is 1. The minimum Gasteiger partial charge on any atom is -0.343 e. The number of carbonyl (C=O) groups is 1. The second-order valence-electron chi connectivity index (χ2n) is 5.69. The molecule has 0 aliphatic heterocycles. The van der Waals surface area contributed by atoms with Crippen molar-refractivity contribution in [2.24, 2.45) is 0 Å². The maximum Gasteiger partial charge on any atom is 0.271 e. The largest absolute Gasteiger partial charge is 0.343 e. The third kappa shape index (κ3) is 3.23. The maximum atomic E-state index is 12.6. The molecule has 0 unspecified atom stereocenters. The summed E-state index contributed by atoms with van der Waals surface area (Å²) in [5.41, 5.74) is 0.961. The lowest BCUT2D eigenvalue weighted by Gasteiger charge is -2.11. The van der Waals surface area contributed by atoms with Crippen LogP contribution < -0.4 is 5.56 Å². The molecule has 3 aromatic rings. The van der Waals surface area contributed by atoms with Crippen LogP contribution in [0.3, 0.4) is 0 Å². The molecule has 0 aliphatic rings. The summed E-state index contributed by atoms with van der Waals surface area (Å²) in [5, 5.41) is 1.54. The van der Waals surface area contributed by atoms with E-state index in [0.29, 0.717) is 23.3 Å². The van der Waals surface area contributed by atoms with Crippen LogP contribution in [0.25, 0.3) is 10.8 Å². The fourth-order valence-electron chi connectivity index (χ4n) is 2.47. The number of rotatable bonds is 3. The van der Waals surface area contributed by atoms with Crippen molar-refractivity contribution in [3.8, 4) is 0 Å². The van der Waals surface area contributed by atoms with E-state index in [-0.39, 0.29) is 11.5 Å². The Kier molecular flexibility index (Phi) is 4.49. The van der Waals surface area contributed by atoms with Crippen LogP contribution >= 0.6 is 15.9 Å². The van der Waals surface area contributed by atoms with Crippen molar-refractivity contribution in [3.63, 3.8) is 0 Å². The van der Waals surface area contributed by atoms with Crippen molar-refractivity contribution in [2.45, 2.75) is 6.54 Å². The van der Waals surface area contributed by atoms with E-state index in [1.165, 1.54) is 4.90 Å². The number of hydrogen-bond acceptors (Lipinski definition) is 3. The molecule has 0 bridgehead atoms. The summed E-state index contributed by atoms with van der Waals surface area (Å²) in [6.45, 7) is 0.319. The number of aromatic nitrogens is 2. The lowest BCUT2D eigenvalue weighted by molar-refractivity contribution is 0.0821. The van der Waals surface area contributed by atoms with Gasteiger partial charge >= 0.3 is 0 Å². The van der Waals surface area contributed by atoms with Gasteiger partial charge < -0.3 is 9.47 Å². The summed E-state index contributed by atoms with van der Waals surface area (Å²) < 4.78 is 2.53. The number of benzene rings is 1. The maximum absolute atomic E-state index is 12.6. The van der Waals surface area contributed by atoms with E-state index in [0.717, 1.165) is 9.86 Å². The first-order valence-corrected chi connectivity index (χ1v) is 8.21. The van der Waals surface area contributed by atoms with Gasteiger partial charge in [-0.3, -0.25) is 9.59 Å². The van der Waals surface area contributed by atoms with E-state index in [4.69, 9.17) is 0 Å². The molecular formula is C18H16BrN3O2. The Balaban J connectivity index is 1.97. The summed E-state index contributed by atoms with van der Waals surface area (Å²) in [6.07, 6.45) is 1.75. The van der Waals surface area contributed by atoms with Gasteiger partial charge in [-0.25, -0.2) is 4.98 Å². The van der Waals surface area contributed by atoms with Crippen molar-refractivity contribution in [2.75, 3.05) is 14.1 Å². The lowest BCUT2D eigenvalue weighted by atomic mass is 10.2. The number of pyridine rings is 2. The van der Waals surface area contributed by atoms with Gasteiger partial charge in [-0.15, -0.1) is 0 Å². The van der Waals surface area contributed by atoms with E-state index in [1.54, 1.807) is 43.1 Å². The molecule has 0 fully saturated rings. The number of nitrogens with zero attached hydrogens (tertiary/aromatic N) is 3. The highest BCUT2D eigenvalue weighted by molar-refractivity contribution is 9.10. The van der Waals surface area contributed by atoms with Crippen LogP contribution in [-0.2, 0) is 6.54 Å². The molecule has 5 nitrogen and oxygen atoms in total. The average molecular weight is 386 g/mol. The summed E-state index contributed by atoms with van der Waals surface area (Å²) >= 11 is 3.41. The van der Waals surface area contributed by atoms with Gasteiger partial charge in [0.05, 0.1) is 12.2 Å². The molecule has 0 saturated heterocycles. The molecule has 1 aromatic carbocycles. The molecule has 0 radical (unpaired) electrons. The normalized spacial score (nSPS) is 10.8. The minimum atomic E-state index is -0.160. The fraction of sp³-hybridized carbons (Fsp3) is 0.167. The van der Waals surface area contributed by atoms with Gasteiger partial charge in [0, 0.05) is 30.2 Å². The van der Waals surface area contributed by atoms with Gasteiger partial charge in [0.1, 0.15) is 5.69 Å². The second kappa shape index (κ2) is 6.57. The predicted octanol–water partition coefficient (Wildman–Crippen LogP) is 2.91. The van der Waals surface area contributed by atoms with Crippen LogP contribution in [-0.4, -0.2) is 34.5 Å². The van der Waals surface area contributed by atoms with Crippen molar-refractivity contribution >= 4 is 32.6 Å². The van der Waals surface area contributed by atoms with Gasteiger partial charge in [0.15, 0.2) is 0 Å². The molecule has 2 heterocycles. The molecule has 24 heavy (non-hydrogen) atoms. The highest BCUT2D eigenvalue weighted by atomic mass is 79.9. The van der Waals surface area contributed by atoms with Crippen LogP contribution in [0.5, 0.6) is 0 Å². The summed E-state index contributed by atoms with van der Waals surface area (Å²) in [4.78, 5) is 30.5. The Hall–Kier alpha value is -2.47. The quantitative estimate of drug-likeness (QED) is 0.696. The van der Waals surface area contributed by atoms with Crippen molar-refractivity contribution in [1.82, 2.24) is 14.5 Å². The van der Waals surface area contributed by atoms with Crippen molar-refractivity contribution in [3.05, 3.63) is 74.9 Å². The van der Waals surface area contributed by atoms with Crippen LogP contribution in [0, 0.1) is 0 Å². The van der Waals surface area contributed by atoms with E-state index >= 15 is 0 Å². The molecule has 3 rings (SSSR count). The monoisotopic (exact) mass is 385 g/mol. The first-order chi connectivity index (χ1) is 11.5. The summed E-state index contributed by atoms with van der Waals surface area (Å²) in [7, 11) is 3.37. The average Bonchev–Trinajstić information content (AvgIpc) is 2.57. The highest BCUT2D eigenvalue weighted by Crippen LogP contribution is 2.17. The van der Waals surface area contributed by atoms with Gasteiger partial charge in [0.25, 0.3) is 11.5 Å². The molecule has 2 aromatic heterocycles. The van der Waals surface area contributed by atoms with E-state index < -0.39 is 0 Å². The Morgan fingerprint density at radius 1 is 1.21 bits per heavy atom. The first kappa shape index (κ1) is 16.4. The van der Waals surface area contributed by atoms with Gasteiger partial charge in [0.2, 0.25) is 0 Å². The smallest absolute Gasteiger partial charge is 0.271 e. The molecule has 0 atom stereocenters. The minimum absolute atomic E-state index is 0.0776. The predicted molar refractivity (Wildman–Crippen MR) is 97.3 cm³/mol. The molecule has 122 valence electrons.